The summed E-state index contributed by atoms with van der Waals surface area (Å²) >= 11 is 6.02. The number of sulfonamides is 1. The molecule has 2 fully saturated rings. The van der Waals surface area contributed by atoms with Crippen molar-refractivity contribution in [2.75, 3.05) is 32.7 Å². The topological polar surface area (TPSA) is 83.7 Å². The highest BCUT2D eigenvalue weighted by atomic mass is 35.5. The molecule has 0 spiro atoms. The number of amides is 1. The number of fused-ring (bicyclic) bond motifs is 1. The smallest absolute Gasteiger partial charge is 0.243 e. The molecular weight excluding hydrogens is 422 g/mol. The van der Waals surface area contributed by atoms with Crippen LogP contribution in [0.3, 0.4) is 0 Å². The maximum absolute atomic E-state index is 13.1. The van der Waals surface area contributed by atoms with Crippen LogP contribution in [0.25, 0.3) is 10.8 Å². The number of hydrogen-bond donors (Lipinski definition) is 1. The Morgan fingerprint density at radius 3 is 2.27 bits per heavy atom. The lowest BCUT2D eigenvalue weighted by molar-refractivity contribution is -0.138. The molecule has 0 aromatic heterocycles. The minimum absolute atomic E-state index is 0.0586. The zero-order valence-electron chi connectivity index (χ0n) is 17.0. The van der Waals surface area contributed by atoms with Gasteiger partial charge in [0.15, 0.2) is 0 Å². The lowest BCUT2D eigenvalue weighted by atomic mass is 9.81. The Labute approximate surface area is 183 Å². The molecule has 1 amide bonds. The number of rotatable bonds is 4. The van der Waals surface area contributed by atoms with E-state index < -0.39 is 10.0 Å². The Hall–Kier alpha value is -1.67. The Kier molecular flexibility index (Phi) is 6.34. The van der Waals surface area contributed by atoms with Crippen LogP contribution in [0.1, 0.15) is 25.7 Å². The van der Waals surface area contributed by atoms with Crippen molar-refractivity contribution in [1.29, 1.82) is 0 Å². The molecule has 2 aromatic carbocycles. The Morgan fingerprint density at radius 1 is 0.967 bits per heavy atom. The van der Waals surface area contributed by atoms with Crippen molar-refractivity contribution in [2.24, 2.45) is 17.6 Å². The molecule has 2 N–H and O–H groups in total. The second-order valence-electron chi connectivity index (χ2n) is 8.34. The van der Waals surface area contributed by atoms with Crippen molar-refractivity contribution in [3.63, 3.8) is 0 Å². The molecule has 1 heterocycles. The fraction of sp³-hybridized carbons (Fsp3) is 0.500. The third-order valence-electron chi connectivity index (χ3n) is 6.49. The number of benzene rings is 2. The van der Waals surface area contributed by atoms with Crippen molar-refractivity contribution in [3.8, 4) is 0 Å². The van der Waals surface area contributed by atoms with Crippen LogP contribution in [0, 0.1) is 11.8 Å². The maximum atomic E-state index is 13.1. The average Bonchev–Trinajstić information content (AvgIpc) is 2.78. The molecule has 30 heavy (non-hydrogen) atoms. The number of halogens is 1. The molecule has 1 saturated heterocycles. The molecule has 1 saturated carbocycles. The van der Waals surface area contributed by atoms with E-state index >= 15 is 0 Å². The maximum Gasteiger partial charge on any atom is 0.243 e. The van der Waals surface area contributed by atoms with Crippen molar-refractivity contribution in [1.82, 2.24) is 9.21 Å². The highest BCUT2D eigenvalue weighted by molar-refractivity contribution is 7.89. The average molecular weight is 450 g/mol. The van der Waals surface area contributed by atoms with Crippen LogP contribution in [-0.4, -0.2) is 56.3 Å². The molecule has 6 nitrogen and oxygen atoms in total. The normalized spacial score (nSPS) is 23.6. The second-order valence-corrected chi connectivity index (χ2v) is 10.7. The predicted molar refractivity (Wildman–Crippen MR) is 119 cm³/mol. The van der Waals surface area contributed by atoms with Gasteiger partial charge in [0.25, 0.3) is 0 Å². The first-order chi connectivity index (χ1) is 14.4. The van der Waals surface area contributed by atoms with E-state index in [0.29, 0.717) is 43.7 Å². The van der Waals surface area contributed by atoms with E-state index in [1.807, 2.05) is 17.0 Å². The number of nitrogens with two attached hydrogens (primary N) is 1. The van der Waals surface area contributed by atoms with Gasteiger partial charge in [-0.3, -0.25) is 4.79 Å². The molecule has 162 valence electrons. The van der Waals surface area contributed by atoms with Crippen molar-refractivity contribution >= 4 is 38.3 Å². The van der Waals surface area contributed by atoms with E-state index in [1.165, 1.54) is 4.31 Å². The van der Waals surface area contributed by atoms with Crippen molar-refractivity contribution in [2.45, 2.75) is 30.6 Å². The molecule has 2 aromatic rings. The first kappa shape index (κ1) is 21.6. The summed E-state index contributed by atoms with van der Waals surface area (Å²) in [6.45, 7) is 2.23. The van der Waals surface area contributed by atoms with Gasteiger partial charge in [-0.2, -0.15) is 4.31 Å². The zero-order chi connectivity index (χ0) is 21.3. The number of carbonyl (C=O) groups excluding carboxylic acids is 1. The van der Waals surface area contributed by atoms with Crippen molar-refractivity contribution < 1.29 is 13.2 Å². The summed E-state index contributed by atoms with van der Waals surface area (Å²) in [7, 11) is -3.60. The molecule has 0 atom stereocenters. The van der Waals surface area contributed by atoms with Gasteiger partial charge in [-0.05, 0) is 73.2 Å². The van der Waals surface area contributed by atoms with Crippen LogP contribution in [0.5, 0.6) is 0 Å². The lowest BCUT2D eigenvalue weighted by Gasteiger charge is -2.37. The van der Waals surface area contributed by atoms with Gasteiger partial charge in [-0.1, -0.05) is 23.7 Å². The van der Waals surface area contributed by atoms with E-state index in [2.05, 4.69) is 0 Å². The van der Waals surface area contributed by atoms with Gasteiger partial charge >= 0.3 is 0 Å². The Balaban J connectivity index is 1.40. The van der Waals surface area contributed by atoms with Gasteiger partial charge in [0, 0.05) is 37.1 Å². The first-order valence-corrected chi connectivity index (χ1v) is 12.4. The minimum Gasteiger partial charge on any atom is -0.340 e. The Morgan fingerprint density at radius 2 is 1.60 bits per heavy atom. The molecule has 4 rings (SSSR count). The van der Waals surface area contributed by atoms with Gasteiger partial charge in [-0.15, -0.1) is 0 Å². The summed E-state index contributed by atoms with van der Waals surface area (Å²) in [6.07, 6.45) is 3.80. The zero-order valence-corrected chi connectivity index (χ0v) is 18.5. The molecule has 2 aliphatic rings. The van der Waals surface area contributed by atoms with Crippen LogP contribution >= 0.6 is 11.6 Å². The summed E-state index contributed by atoms with van der Waals surface area (Å²) in [5, 5.41) is 2.36. The van der Waals surface area contributed by atoms with Gasteiger partial charge in [0.05, 0.1) is 4.90 Å². The van der Waals surface area contributed by atoms with E-state index in [4.69, 9.17) is 17.3 Å². The molecular formula is C22H28ClN3O3S. The quantitative estimate of drug-likeness (QED) is 0.777. The SMILES string of the molecule is NCC1CCC(C(=O)N2CCN(S(=O)(=O)c3ccc4cc(Cl)ccc4c3)CC2)CC1. The number of nitrogens with zero attached hydrogens (tertiary/aromatic N) is 2. The van der Waals surface area contributed by atoms with Crippen LogP contribution in [0.2, 0.25) is 5.02 Å². The number of carbonyl (C=O) groups is 1. The minimum atomic E-state index is -3.60. The summed E-state index contributed by atoms with van der Waals surface area (Å²) in [4.78, 5) is 15.0. The van der Waals surface area contributed by atoms with Crippen LogP contribution < -0.4 is 5.73 Å². The molecule has 8 heteroatoms. The number of hydrogen-bond acceptors (Lipinski definition) is 4. The summed E-state index contributed by atoms with van der Waals surface area (Å²) in [5.74, 6) is 0.766. The van der Waals surface area contributed by atoms with Gasteiger partial charge in [0.1, 0.15) is 0 Å². The van der Waals surface area contributed by atoms with E-state index in [-0.39, 0.29) is 16.7 Å². The van der Waals surface area contributed by atoms with E-state index in [0.717, 1.165) is 36.5 Å². The van der Waals surface area contributed by atoms with Crippen molar-refractivity contribution in [3.05, 3.63) is 41.4 Å². The molecule has 0 unspecified atom stereocenters. The fourth-order valence-electron chi connectivity index (χ4n) is 4.56. The standard InChI is InChI=1S/C22H28ClN3O3S/c23-20-7-5-19-14-21(8-6-18(19)13-20)30(28,29)26-11-9-25(10-12-26)22(27)17-3-1-16(15-24)2-4-17/h5-8,13-14,16-17H,1-4,9-12,15,24H2. The third-order valence-corrected chi connectivity index (χ3v) is 8.62. The molecule has 1 aliphatic heterocycles. The van der Waals surface area contributed by atoms with E-state index in [9.17, 15) is 13.2 Å². The Bertz CT molecular complexity index is 1030. The molecule has 0 bridgehead atoms. The molecule has 0 radical (unpaired) electrons. The third kappa shape index (κ3) is 4.35. The van der Waals surface area contributed by atoms with E-state index in [1.54, 1.807) is 24.3 Å². The number of piperazine rings is 1. The summed E-state index contributed by atoms with van der Waals surface area (Å²) in [5.41, 5.74) is 5.75. The largest absolute Gasteiger partial charge is 0.340 e. The van der Waals surface area contributed by atoms with Crippen LogP contribution in [0.4, 0.5) is 0 Å². The van der Waals surface area contributed by atoms with Crippen LogP contribution in [0.15, 0.2) is 41.3 Å². The summed E-state index contributed by atoms with van der Waals surface area (Å²) in [6, 6.07) is 10.5. The lowest BCUT2D eigenvalue weighted by Crippen LogP contribution is -2.52. The highest BCUT2D eigenvalue weighted by Crippen LogP contribution is 2.30. The summed E-state index contributed by atoms with van der Waals surface area (Å²) < 4.78 is 27.7. The predicted octanol–water partition coefficient (Wildman–Crippen LogP) is 3.09. The van der Waals surface area contributed by atoms with Gasteiger partial charge < -0.3 is 10.6 Å². The van der Waals surface area contributed by atoms with Gasteiger partial charge in [-0.25, -0.2) is 8.42 Å². The molecule has 1 aliphatic carbocycles. The fourth-order valence-corrected chi connectivity index (χ4v) is 6.19. The van der Waals surface area contributed by atoms with Gasteiger partial charge in [0.2, 0.25) is 15.9 Å². The first-order valence-electron chi connectivity index (χ1n) is 10.6. The van der Waals surface area contributed by atoms with Crippen LogP contribution in [-0.2, 0) is 14.8 Å². The monoisotopic (exact) mass is 449 g/mol. The second kappa shape index (κ2) is 8.83. The highest BCUT2D eigenvalue weighted by Gasteiger charge is 2.34.